The van der Waals surface area contributed by atoms with Crippen LogP contribution < -0.4 is 14.8 Å². The van der Waals surface area contributed by atoms with Crippen LogP contribution in [0.15, 0.2) is 48.5 Å². The summed E-state index contributed by atoms with van der Waals surface area (Å²) in [5.41, 5.74) is 1.91. The Morgan fingerprint density at radius 1 is 1.04 bits per heavy atom. The van der Waals surface area contributed by atoms with Crippen LogP contribution in [-0.2, 0) is 11.3 Å². The van der Waals surface area contributed by atoms with Crippen molar-refractivity contribution in [3.8, 4) is 23.2 Å². The van der Waals surface area contributed by atoms with Crippen LogP contribution in [0.2, 0.25) is 0 Å². The third-order valence-electron chi connectivity index (χ3n) is 3.90. The maximum Gasteiger partial charge on any atom is 0.346 e. The van der Waals surface area contributed by atoms with Gasteiger partial charge in [0.05, 0.1) is 12.8 Å². The molecule has 0 saturated carbocycles. The first kappa shape index (κ1) is 18.8. The van der Waals surface area contributed by atoms with Gasteiger partial charge < -0.3 is 19.5 Å². The van der Waals surface area contributed by atoms with Crippen molar-refractivity contribution in [2.75, 3.05) is 27.4 Å². The third-order valence-corrected chi connectivity index (χ3v) is 3.90. The lowest BCUT2D eigenvalue weighted by Crippen LogP contribution is -2.16. The van der Waals surface area contributed by atoms with E-state index < -0.39 is 0 Å². The molecule has 0 amide bonds. The van der Waals surface area contributed by atoms with Crippen molar-refractivity contribution in [3.05, 3.63) is 54.1 Å². The predicted molar refractivity (Wildman–Crippen MR) is 100 cm³/mol. The van der Waals surface area contributed by atoms with E-state index in [0.717, 1.165) is 37.4 Å². The van der Waals surface area contributed by atoms with E-state index in [0.29, 0.717) is 11.5 Å². The average molecular weight is 369 g/mol. The zero-order valence-electron chi connectivity index (χ0n) is 15.5. The number of rotatable bonds is 10. The van der Waals surface area contributed by atoms with Crippen LogP contribution in [0.5, 0.6) is 17.5 Å². The highest BCUT2D eigenvalue weighted by atomic mass is 16.5. The minimum atomic E-state index is 0.268. The number of methoxy groups -OCH3 is 2. The fraction of sp³-hybridized carbons (Fsp3) is 0.316. The molecule has 3 rings (SSSR count). The molecule has 27 heavy (non-hydrogen) atoms. The summed E-state index contributed by atoms with van der Waals surface area (Å²) in [6, 6.07) is 15.6. The number of nitrogens with one attached hydrogen (secondary N) is 1. The van der Waals surface area contributed by atoms with E-state index in [1.807, 2.05) is 48.5 Å². The molecule has 0 radical (unpaired) electrons. The van der Waals surface area contributed by atoms with Gasteiger partial charge in [-0.2, -0.15) is 4.68 Å². The summed E-state index contributed by atoms with van der Waals surface area (Å²) in [6.45, 7) is 2.38. The van der Waals surface area contributed by atoms with Crippen molar-refractivity contribution in [1.29, 1.82) is 0 Å². The van der Waals surface area contributed by atoms with Crippen molar-refractivity contribution in [1.82, 2.24) is 25.5 Å². The van der Waals surface area contributed by atoms with Gasteiger partial charge in [0, 0.05) is 20.3 Å². The molecule has 0 saturated heterocycles. The molecule has 8 heteroatoms. The third kappa shape index (κ3) is 5.02. The van der Waals surface area contributed by atoms with Crippen LogP contribution in [0, 0.1) is 0 Å². The number of benzene rings is 2. The Balaban J connectivity index is 1.70. The van der Waals surface area contributed by atoms with Gasteiger partial charge in [0.2, 0.25) is 0 Å². The lowest BCUT2D eigenvalue weighted by molar-refractivity contribution is 0.194. The minimum Gasteiger partial charge on any atom is -0.493 e. The molecule has 1 aromatic heterocycles. The maximum absolute atomic E-state index is 5.90. The number of hydrogen-bond donors (Lipinski definition) is 1. The molecule has 0 spiro atoms. The molecular weight excluding hydrogens is 346 g/mol. The smallest absolute Gasteiger partial charge is 0.346 e. The monoisotopic (exact) mass is 369 g/mol. The lowest BCUT2D eigenvalue weighted by Gasteiger charge is -2.12. The summed E-state index contributed by atoms with van der Waals surface area (Å²) in [5, 5.41) is 15.0. The Bertz CT molecular complexity index is 838. The van der Waals surface area contributed by atoms with Crippen LogP contribution >= 0.6 is 0 Å². The topological polar surface area (TPSA) is 83.3 Å². The van der Waals surface area contributed by atoms with Gasteiger partial charge in [0.15, 0.2) is 11.5 Å². The molecule has 2 aromatic carbocycles. The van der Waals surface area contributed by atoms with Gasteiger partial charge in [-0.1, -0.05) is 29.4 Å². The number of ether oxygens (including phenoxy) is 3. The van der Waals surface area contributed by atoms with E-state index >= 15 is 0 Å². The Morgan fingerprint density at radius 3 is 2.67 bits per heavy atom. The largest absolute Gasteiger partial charge is 0.493 e. The highest BCUT2D eigenvalue weighted by Crippen LogP contribution is 2.32. The fourth-order valence-corrected chi connectivity index (χ4v) is 2.55. The molecule has 1 N–H and O–H groups in total. The number of hydrogen-bond acceptors (Lipinski definition) is 7. The van der Waals surface area contributed by atoms with Crippen molar-refractivity contribution >= 4 is 0 Å². The minimum absolute atomic E-state index is 0.268. The van der Waals surface area contributed by atoms with E-state index in [-0.39, 0.29) is 6.01 Å². The quantitative estimate of drug-likeness (QED) is 0.550. The van der Waals surface area contributed by atoms with Gasteiger partial charge in [-0.15, -0.1) is 0 Å². The SMILES string of the molecule is COCCCNCc1ccc(Oc2nnnn2-c2ccccc2)c(OC)c1. The van der Waals surface area contributed by atoms with Crippen molar-refractivity contribution in [2.45, 2.75) is 13.0 Å². The average Bonchev–Trinajstić information content (AvgIpc) is 3.17. The van der Waals surface area contributed by atoms with Crippen LogP contribution in [0.1, 0.15) is 12.0 Å². The molecule has 0 aliphatic carbocycles. The molecule has 142 valence electrons. The molecule has 1 heterocycles. The lowest BCUT2D eigenvalue weighted by atomic mass is 10.2. The summed E-state index contributed by atoms with van der Waals surface area (Å²) >= 11 is 0. The van der Waals surface area contributed by atoms with E-state index in [1.54, 1.807) is 14.2 Å². The number of para-hydroxylation sites is 1. The van der Waals surface area contributed by atoms with Gasteiger partial charge in [-0.3, -0.25) is 0 Å². The molecule has 0 aliphatic heterocycles. The Kier molecular flexibility index (Phi) is 6.72. The summed E-state index contributed by atoms with van der Waals surface area (Å²) in [6.07, 6.45) is 0.969. The molecule has 0 aliphatic rings. The molecule has 0 bridgehead atoms. The van der Waals surface area contributed by atoms with Crippen molar-refractivity contribution < 1.29 is 14.2 Å². The number of nitrogens with zero attached hydrogens (tertiary/aromatic N) is 4. The predicted octanol–water partition coefficient (Wildman–Crippen LogP) is 2.59. The second-order valence-electron chi connectivity index (χ2n) is 5.82. The maximum atomic E-state index is 5.90. The summed E-state index contributed by atoms with van der Waals surface area (Å²) in [7, 11) is 3.32. The highest BCUT2D eigenvalue weighted by molar-refractivity contribution is 5.44. The zero-order valence-corrected chi connectivity index (χ0v) is 15.5. The van der Waals surface area contributed by atoms with E-state index in [4.69, 9.17) is 14.2 Å². The standard InChI is InChI=1S/C19H23N5O3/c1-25-12-6-11-20-14-15-9-10-17(18(13-15)26-2)27-19-21-22-23-24(19)16-7-4-3-5-8-16/h3-5,7-10,13,20H,6,11-12,14H2,1-2H3. The summed E-state index contributed by atoms with van der Waals surface area (Å²) < 4.78 is 18.0. The Labute approximate surface area is 158 Å². The van der Waals surface area contributed by atoms with Crippen LogP contribution in [0.25, 0.3) is 5.69 Å². The highest BCUT2D eigenvalue weighted by Gasteiger charge is 2.14. The van der Waals surface area contributed by atoms with Crippen molar-refractivity contribution in [3.63, 3.8) is 0 Å². The van der Waals surface area contributed by atoms with Crippen molar-refractivity contribution in [2.24, 2.45) is 0 Å². The molecular formula is C19H23N5O3. The molecule has 3 aromatic rings. The molecule has 0 unspecified atom stereocenters. The zero-order chi connectivity index (χ0) is 18.9. The Hall–Kier alpha value is -2.97. The Morgan fingerprint density at radius 2 is 1.89 bits per heavy atom. The molecule has 0 fully saturated rings. The van der Waals surface area contributed by atoms with E-state index in [2.05, 4.69) is 20.8 Å². The van der Waals surface area contributed by atoms with Crippen LogP contribution in [0.4, 0.5) is 0 Å². The van der Waals surface area contributed by atoms with Gasteiger partial charge >= 0.3 is 6.01 Å². The second-order valence-corrected chi connectivity index (χ2v) is 5.82. The van der Waals surface area contributed by atoms with Gasteiger partial charge in [-0.05, 0) is 53.2 Å². The first-order valence-corrected chi connectivity index (χ1v) is 8.70. The van der Waals surface area contributed by atoms with Gasteiger partial charge in [0.25, 0.3) is 0 Å². The number of aromatic nitrogens is 4. The fourth-order valence-electron chi connectivity index (χ4n) is 2.55. The van der Waals surface area contributed by atoms with Gasteiger partial charge in [-0.25, -0.2) is 0 Å². The molecule has 8 nitrogen and oxygen atoms in total. The normalized spacial score (nSPS) is 10.7. The van der Waals surface area contributed by atoms with Crippen LogP contribution in [0.3, 0.4) is 0 Å². The first-order chi connectivity index (χ1) is 13.3. The second kappa shape index (κ2) is 9.65. The summed E-state index contributed by atoms with van der Waals surface area (Å²) in [4.78, 5) is 0. The van der Waals surface area contributed by atoms with E-state index in [9.17, 15) is 0 Å². The first-order valence-electron chi connectivity index (χ1n) is 8.70. The molecule has 0 atom stereocenters. The van der Waals surface area contributed by atoms with Crippen LogP contribution in [-0.4, -0.2) is 47.6 Å². The van der Waals surface area contributed by atoms with E-state index in [1.165, 1.54) is 4.68 Å². The summed E-state index contributed by atoms with van der Waals surface area (Å²) in [5.74, 6) is 1.17. The number of tetrazole rings is 1. The van der Waals surface area contributed by atoms with Gasteiger partial charge in [0.1, 0.15) is 0 Å².